The van der Waals surface area contributed by atoms with Crippen LogP contribution in [-0.4, -0.2) is 124 Å². The number of carbonyl (C=O) groups is 4. The van der Waals surface area contributed by atoms with E-state index in [0.717, 1.165) is 58.4 Å². The number of ether oxygens (including phenoxy) is 5. The third-order valence-corrected chi connectivity index (χ3v) is 12.9. The Morgan fingerprint density at radius 1 is 0.672 bits per heavy atom. The van der Waals surface area contributed by atoms with Crippen LogP contribution in [0.3, 0.4) is 0 Å². The molecule has 0 spiro atoms. The Morgan fingerprint density at radius 2 is 1.11 bits per heavy atom. The average molecular weight is 929 g/mol. The van der Waals surface area contributed by atoms with Crippen molar-refractivity contribution in [3.8, 4) is 5.75 Å². The molecule has 3 aromatic carbocycles. The first-order valence-corrected chi connectivity index (χ1v) is 23.5. The number of nitro groups is 1. The summed E-state index contributed by atoms with van der Waals surface area (Å²) >= 11 is 0. The number of nitro benzene ring substituents is 1. The van der Waals surface area contributed by atoms with Crippen molar-refractivity contribution < 1.29 is 53.1 Å². The second kappa shape index (κ2) is 34.1. The lowest BCUT2D eigenvalue weighted by atomic mass is 10.2. The van der Waals surface area contributed by atoms with Crippen LogP contribution < -0.4 is 10.1 Å². The molecule has 340 valence electrons. The number of hydrogen-bond donors (Lipinski definition) is 1. The summed E-state index contributed by atoms with van der Waals surface area (Å²) in [5.41, 5.74) is 1.82. The zero-order valence-corrected chi connectivity index (χ0v) is 38.8. The number of non-ortho nitro benzene ring substituents is 1. The number of benzene rings is 3. The molecule has 0 heterocycles. The van der Waals surface area contributed by atoms with Crippen LogP contribution in [0.4, 0.5) is 24.9 Å². The van der Waals surface area contributed by atoms with Gasteiger partial charge in [-0.15, -0.1) is 0 Å². The number of nitrogens with two attached hydrogens (primary N) is 1. The van der Waals surface area contributed by atoms with Crippen LogP contribution in [0.5, 0.6) is 5.75 Å². The molecule has 16 nitrogen and oxygen atoms in total. The molecular formula is C41H62N5O11S4+. The zero-order chi connectivity index (χ0) is 44.7. The summed E-state index contributed by atoms with van der Waals surface area (Å²) in [5, 5.41) is 12.6. The lowest BCUT2D eigenvalue weighted by molar-refractivity contribution is -0.626. The summed E-state index contributed by atoms with van der Waals surface area (Å²) in [4.78, 5) is 62.5. The van der Waals surface area contributed by atoms with Gasteiger partial charge in [-0.25, -0.2) is 19.2 Å². The van der Waals surface area contributed by atoms with Crippen LogP contribution in [0.15, 0.2) is 82.6 Å². The number of quaternary nitrogens is 1. The van der Waals surface area contributed by atoms with E-state index in [1.165, 1.54) is 48.3 Å². The van der Waals surface area contributed by atoms with Gasteiger partial charge in [0.15, 0.2) is 0 Å². The largest absolute Gasteiger partial charge is 0.514 e. The highest BCUT2D eigenvalue weighted by Gasteiger charge is 2.15. The molecule has 0 fully saturated rings. The molecule has 0 atom stereocenters. The van der Waals surface area contributed by atoms with Gasteiger partial charge in [-0.3, -0.25) is 10.1 Å². The third kappa shape index (κ3) is 24.5. The van der Waals surface area contributed by atoms with Gasteiger partial charge < -0.3 is 43.7 Å². The second-order valence-electron chi connectivity index (χ2n) is 12.4. The monoisotopic (exact) mass is 928 g/mol. The molecule has 0 aliphatic carbocycles. The predicted octanol–water partition coefficient (Wildman–Crippen LogP) is 9.08. The number of amides is 3. The van der Waals surface area contributed by atoms with Crippen LogP contribution in [0, 0.1) is 10.1 Å². The molecule has 0 bridgehead atoms. The molecule has 61 heavy (non-hydrogen) atoms. The minimum absolute atomic E-state index is 0. The van der Waals surface area contributed by atoms with E-state index >= 15 is 0 Å². The highest BCUT2D eigenvalue weighted by molar-refractivity contribution is 8.77. The number of nitrogens with zero attached hydrogens (tertiary/aromatic N) is 4. The number of methoxy groups -OCH3 is 2. The van der Waals surface area contributed by atoms with E-state index in [1.54, 1.807) is 69.2 Å². The number of carbonyl (C=O) groups excluding carboxylic acids is 4. The summed E-state index contributed by atoms with van der Waals surface area (Å²) in [5.74, 6) is 2.31. The van der Waals surface area contributed by atoms with Crippen molar-refractivity contribution in [2.45, 2.75) is 57.1 Å². The van der Waals surface area contributed by atoms with Crippen molar-refractivity contribution in [3.63, 3.8) is 0 Å². The van der Waals surface area contributed by atoms with Gasteiger partial charge in [0.05, 0.1) is 39.3 Å². The van der Waals surface area contributed by atoms with Gasteiger partial charge in [0.25, 0.3) is 5.69 Å². The van der Waals surface area contributed by atoms with E-state index in [0.29, 0.717) is 13.1 Å². The van der Waals surface area contributed by atoms with Crippen LogP contribution in [0.25, 0.3) is 0 Å². The van der Waals surface area contributed by atoms with Gasteiger partial charge >= 0.3 is 24.4 Å². The predicted molar refractivity (Wildman–Crippen MR) is 246 cm³/mol. The average Bonchev–Trinajstić information content (AvgIpc) is 3.26. The number of likely N-dealkylation sites (N-methyl/N-ethyl adjacent to an activating group) is 4. The van der Waals surface area contributed by atoms with E-state index in [4.69, 9.17) is 14.2 Å². The summed E-state index contributed by atoms with van der Waals surface area (Å²) in [6.07, 6.45) is 0.241. The van der Waals surface area contributed by atoms with Gasteiger partial charge in [-0.05, 0) is 37.1 Å². The smallest absolute Gasteiger partial charge is 0.453 e. The minimum atomic E-state index is -0.852. The Kier molecular flexibility index (Phi) is 31.6. The van der Waals surface area contributed by atoms with Crippen molar-refractivity contribution in [1.29, 1.82) is 0 Å². The molecule has 2 N–H and O–H groups in total. The molecule has 0 aliphatic heterocycles. The fraction of sp³-hybridized carbons (Fsp3) is 0.463. The van der Waals surface area contributed by atoms with E-state index in [-0.39, 0.29) is 38.2 Å². The van der Waals surface area contributed by atoms with Crippen molar-refractivity contribution in [2.24, 2.45) is 0 Å². The molecule has 0 unspecified atom stereocenters. The van der Waals surface area contributed by atoms with E-state index in [1.807, 2.05) is 60.9 Å². The van der Waals surface area contributed by atoms with Gasteiger partial charge in [-0.1, -0.05) is 101 Å². The maximum Gasteiger partial charge on any atom is 0.514 e. The molecule has 0 saturated carbocycles. The molecular weight excluding hydrogens is 867 g/mol. The van der Waals surface area contributed by atoms with E-state index in [9.17, 15) is 29.3 Å². The highest BCUT2D eigenvalue weighted by atomic mass is 33.1. The van der Waals surface area contributed by atoms with Crippen LogP contribution in [0.2, 0.25) is 0 Å². The summed E-state index contributed by atoms with van der Waals surface area (Å²) in [6, 6.07) is 20.8. The first-order valence-electron chi connectivity index (χ1n) is 18.9. The zero-order valence-electron chi connectivity index (χ0n) is 35.5. The van der Waals surface area contributed by atoms with Crippen molar-refractivity contribution >= 4 is 73.3 Å². The Labute approximate surface area is 376 Å². The second-order valence-corrected chi connectivity index (χ2v) is 17.3. The topological polar surface area (TPSA) is 184 Å². The third-order valence-electron chi connectivity index (χ3n) is 7.57. The van der Waals surface area contributed by atoms with Crippen molar-refractivity contribution in [2.75, 3.05) is 80.1 Å². The summed E-state index contributed by atoms with van der Waals surface area (Å²) in [7, 11) is 16.6. The fourth-order valence-electron chi connectivity index (χ4n) is 4.14. The first kappa shape index (κ1) is 56.5. The number of rotatable bonds is 20. The van der Waals surface area contributed by atoms with E-state index in [2.05, 4.69) is 23.3 Å². The standard InChI is InChI=1S/C17H26N2O4S2.C17H17NO5S2.C6H14N2O2.CH4/c1-5-12-24-25-15-9-7-6-8-14(15)13-23-17(21)19(3)11-10-18(2)16(20)22-4;1-2-11-24-25-16-6-4-3-5-13(16)12-22-17(19)23-15-9-7-14(8-10-15)18(20)21;1-7-4-5-8(2)6(9)10-3;/h6-9H,5,10-13H2,1-4H3;3-10H,2,11-12H2,1H3;7H,4-5H2,1-3H3;1H4/p+1. The molecule has 20 heteroatoms. The Bertz CT molecular complexity index is 1730. The van der Waals surface area contributed by atoms with Crippen LogP contribution in [-0.2, 0) is 32.2 Å². The minimum Gasteiger partial charge on any atom is -0.453 e. The van der Waals surface area contributed by atoms with Crippen molar-refractivity contribution in [3.05, 3.63) is 94.0 Å². The van der Waals surface area contributed by atoms with Gasteiger partial charge in [0, 0.05) is 78.8 Å². The maximum atomic E-state index is 12.1. The quantitative estimate of drug-likeness (QED) is 0.0215. The Balaban J connectivity index is 0.000000956. The summed E-state index contributed by atoms with van der Waals surface area (Å²) in [6.45, 7) is 6.97. The fourth-order valence-corrected chi connectivity index (χ4v) is 8.87. The normalized spacial score (nSPS) is 9.90. The van der Waals surface area contributed by atoms with Gasteiger partial charge in [-0.2, -0.15) is 0 Å². The Morgan fingerprint density at radius 3 is 1.56 bits per heavy atom. The molecule has 3 aromatic rings. The lowest BCUT2D eigenvalue weighted by Gasteiger charge is -2.21. The molecule has 0 aromatic heterocycles. The summed E-state index contributed by atoms with van der Waals surface area (Å²) < 4.78 is 24.6. The molecule has 0 aliphatic rings. The highest BCUT2D eigenvalue weighted by Crippen LogP contribution is 2.35. The lowest BCUT2D eigenvalue weighted by Crippen LogP contribution is -2.81. The first-order chi connectivity index (χ1) is 28.8. The Hall–Kier alpha value is -4.50. The SMILES string of the molecule is C.CCCSSc1ccccc1COC(=O)N(C)CCN(C)C(=O)OC.CCCSSc1ccccc1COC(=O)Oc1ccc([N+](=O)[O-])cc1.C[NH2+]CCN(C)C(=O)OC. The van der Waals surface area contributed by atoms with E-state index < -0.39 is 23.3 Å². The molecule has 3 amide bonds. The maximum absolute atomic E-state index is 12.1. The van der Waals surface area contributed by atoms with Crippen LogP contribution >= 0.6 is 43.2 Å². The van der Waals surface area contributed by atoms with Crippen molar-refractivity contribution in [1.82, 2.24) is 14.7 Å². The number of hydrogen-bond acceptors (Lipinski definition) is 15. The molecule has 0 radical (unpaired) electrons. The van der Waals surface area contributed by atoms with Gasteiger partial charge in [0.1, 0.15) is 19.0 Å². The molecule has 0 saturated heterocycles. The van der Waals surface area contributed by atoms with Crippen LogP contribution in [0.1, 0.15) is 45.2 Å². The van der Waals surface area contributed by atoms with Gasteiger partial charge in [0.2, 0.25) is 0 Å². The molecule has 3 rings (SSSR count).